The summed E-state index contributed by atoms with van der Waals surface area (Å²) >= 11 is 1.85. The van der Waals surface area contributed by atoms with E-state index in [-0.39, 0.29) is 5.91 Å². The summed E-state index contributed by atoms with van der Waals surface area (Å²) in [6.07, 6.45) is 0.962. The number of rotatable bonds is 3. The van der Waals surface area contributed by atoms with E-state index in [2.05, 4.69) is 59.5 Å². The van der Waals surface area contributed by atoms with Gasteiger partial charge < -0.3 is 9.80 Å². The molecule has 2 aromatic carbocycles. The predicted octanol–water partition coefficient (Wildman–Crippen LogP) is 4.04. The van der Waals surface area contributed by atoms with E-state index in [0.29, 0.717) is 0 Å². The Bertz CT molecular complexity index is 838. The third-order valence-corrected chi connectivity index (χ3v) is 6.46. The average molecular weight is 382 g/mol. The number of aryl methyl sites for hydroxylation is 2. The molecule has 0 aliphatic carbocycles. The van der Waals surface area contributed by atoms with Crippen molar-refractivity contribution in [2.75, 3.05) is 42.5 Å². The Kier molecular flexibility index (Phi) is 5.15. The topological polar surface area (TPSA) is 26.8 Å². The van der Waals surface area contributed by atoms with Crippen molar-refractivity contribution in [3.63, 3.8) is 0 Å². The third kappa shape index (κ3) is 3.99. The number of anilines is 2. The molecule has 0 saturated carbocycles. The van der Waals surface area contributed by atoms with Gasteiger partial charge in [-0.15, -0.1) is 0 Å². The smallest absolute Gasteiger partial charge is 0.223 e. The van der Waals surface area contributed by atoms with Gasteiger partial charge in [0.2, 0.25) is 5.91 Å². The van der Waals surface area contributed by atoms with Crippen LogP contribution in [0.15, 0.2) is 41.3 Å². The van der Waals surface area contributed by atoms with Crippen molar-refractivity contribution >= 4 is 29.2 Å². The second-order valence-corrected chi connectivity index (χ2v) is 8.73. The fourth-order valence-corrected chi connectivity index (χ4v) is 5.05. The van der Waals surface area contributed by atoms with E-state index in [4.69, 9.17) is 0 Å². The fourth-order valence-electron chi connectivity index (χ4n) is 4.08. The Morgan fingerprint density at radius 2 is 1.63 bits per heavy atom. The summed E-state index contributed by atoms with van der Waals surface area (Å²) in [6, 6.07) is 13.3. The molecule has 27 heavy (non-hydrogen) atoms. The zero-order chi connectivity index (χ0) is 19.0. The lowest BCUT2D eigenvalue weighted by Crippen LogP contribution is -2.43. The van der Waals surface area contributed by atoms with Gasteiger partial charge in [-0.25, -0.2) is 4.31 Å². The molecule has 2 aliphatic heterocycles. The molecule has 142 valence electrons. The molecule has 2 aromatic rings. The van der Waals surface area contributed by atoms with Crippen molar-refractivity contribution in [1.82, 2.24) is 4.31 Å². The summed E-state index contributed by atoms with van der Waals surface area (Å²) in [5.74, 6) is 0.136. The van der Waals surface area contributed by atoms with Crippen LogP contribution in [0.3, 0.4) is 0 Å². The Labute approximate surface area is 166 Å². The third-order valence-electron chi connectivity index (χ3n) is 5.37. The Hall–Kier alpha value is -1.98. The molecule has 0 atom stereocenters. The average Bonchev–Trinajstić information content (AvgIpc) is 3.05. The van der Waals surface area contributed by atoms with Gasteiger partial charge in [-0.3, -0.25) is 4.79 Å². The molecule has 5 heteroatoms. The van der Waals surface area contributed by atoms with E-state index in [1.807, 2.05) is 16.8 Å². The van der Waals surface area contributed by atoms with Gasteiger partial charge in [-0.1, -0.05) is 6.07 Å². The summed E-state index contributed by atoms with van der Waals surface area (Å²) in [4.78, 5) is 17.4. The summed E-state index contributed by atoms with van der Waals surface area (Å²) in [5.41, 5.74) is 6.40. The number of piperazine rings is 1. The number of amides is 1. The van der Waals surface area contributed by atoms with Gasteiger partial charge in [0, 0.05) is 55.9 Å². The van der Waals surface area contributed by atoms with Crippen molar-refractivity contribution in [3.8, 4) is 0 Å². The van der Waals surface area contributed by atoms with Gasteiger partial charge in [0.1, 0.15) is 0 Å². The van der Waals surface area contributed by atoms with Crippen molar-refractivity contribution in [2.45, 2.75) is 32.1 Å². The lowest BCUT2D eigenvalue weighted by atomic mass is 10.1. The van der Waals surface area contributed by atoms with Crippen LogP contribution in [0, 0.1) is 13.8 Å². The van der Waals surface area contributed by atoms with Crippen molar-refractivity contribution in [3.05, 3.63) is 53.1 Å². The van der Waals surface area contributed by atoms with Crippen LogP contribution in [0.5, 0.6) is 0 Å². The molecular weight excluding hydrogens is 354 g/mol. The minimum absolute atomic E-state index is 0.136. The highest BCUT2D eigenvalue weighted by Crippen LogP contribution is 2.34. The van der Waals surface area contributed by atoms with Crippen LogP contribution in [0.2, 0.25) is 0 Å². The first-order chi connectivity index (χ1) is 13.0. The van der Waals surface area contributed by atoms with Crippen LogP contribution >= 0.6 is 11.9 Å². The second-order valence-electron chi connectivity index (χ2n) is 7.56. The van der Waals surface area contributed by atoms with E-state index < -0.39 is 0 Å². The van der Waals surface area contributed by atoms with E-state index in [9.17, 15) is 4.79 Å². The van der Waals surface area contributed by atoms with Gasteiger partial charge in [-0.05, 0) is 79.2 Å². The largest absolute Gasteiger partial charge is 0.369 e. The minimum atomic E-state index is 0.136. The Morgan fingerprint density at radius 3 is 2.30 bits per heavy atom. The molecule has 4 nitrogen and oxygen atoms in total. The van der Waals surface area contributed by atoms with Crippen LogP contribution < -0.4 is 9.80 Å². The van der Waals surface area contributed by atoms with Gasteiger partial charge in [0.05, 0.1) is 0 Å². The van der Waals surface area contributed by atoms with Crippen LogP contribution in [0.4, 0.5) is 11.4 Å². The summed E-state index contributed by atoms with van der Waals surface area (Å²) in [5, 5.41) is 0. The molecule has 1 fully saturated rings. The number of carbonyl (C=O) groups excluding carboxylic acids is 1. The maximum atomic E-state index is 11.7. The fraction of sp³-hybridized carbons (Fsp3) is 0.409. The van der Waals surface area contributed by atoms with Crippen molar-refractivity contribution in [2.24, 2.45) is 0 Å². The monoisotopic (exact) mass is 381 g/mol. The van der Waals surface area contributed by atoms with Crippen LogP contribution in [-0.4, -0.2) is 42.9 Å². The van der Waals surface area contributed by atoms with Crippen LogP contribution in [0.1, 0.15) is 23.6 Å². The molecule has 4 rings (SSSR count). The van der Waals surface area contributed by atoms with Gasteiger partial charge in [-0.2, -0.15) is 0 Å². The molecule has 0 N–H and O–H groups in total. The molecule has 0 radical (unpaired) electrons. The first-order valence-corrected chi connectivity index (χ1v) is 10.4. The highest BCUT2D eigenvalue weighted by Gasteiger charge is 2.23. The lowest BCUT2D eigenvalue weighted by molar-refractivity contribution is -0.116. The molecule has 1 saturated heterocycles. The highest BCUT2D eigenvalue weighted by molar-refractivity contribution is 7.97. The Balaban J connectivity index is 1.38. The lowest BCUT2D eigenvalue weighted by Gasteiger charge is -2.35. The molecule has 0 aromatic heterocycles. The maximum Gasteiger partial charge on any atom is 0.223 e. The normalized spacial score (nSPS) is 17.3. The molecular formula is C22H27N3OS. The number of hydrogen-bond donors (Lipinski definition) is 0. The Morgan fingerprint density at radius 1 is 0.926 bits per heavy atom. The van der Waals surface area contributed by atoms with Crippen molar-refractivity contribution in [1.29, 1.82) is 0 Å². The molecule has 0 bridgehead atoms. The standard InChI is InChI=1S/C22H27N3OS/c1-16-12-17(2)14-20(13-16)23-8-10-24(11-9-23)27-21-4-5-22-19(15-21)6-7-25(22)18(3)26/h4-5,12-15H,6-11H2,1-3H3. The second kappa shape index (κ2) is 7.56. The molecule has 1 amide bonds. The summed E-state index contributed by atoms with van der Waals surface area (Å²) in [7, 11) is 0. The van der Waals surface area contributed by atoms with E-state index in [1.54, 1.807) is 6.92 Å². The van der Waals surface area contributed by atoms with Gasteiger partial charge in [0.25, 0.3) is 0 Å². The number of nitrogens with zero attached hydrogens (tertiary/aromatic N) is 3. The van der Waals surface area contributed by atoms with Gasteiger partial charge in [0.15, 0.2) is 0 Å². The van der Waals surface area contributed by atoms with E-state index >= 15 is 0 Å². The van der Waals surface area contributed by atoms with Gasteiger partial charge >= 0.3 is 0 Å². The van der Waals surface area contributed by atoms with E-state index in [0.717, 1.165) is 44.8 Å². The number of fused-ring (bicyclic) bond motifs is 1. The molecule has 2 aliphatic rings. The summed E-state index contributed by atoms with van der Waals surface area (Å²) in [6.45, 7) is 11.0. The zero-order valence-corrected chi connectivity index (χ0v) is 17.2. The molecule has 0 spiro atoms. The SMILES string of the molecule is CC(=O)N1CCc2cc(SN3CCN(c4cc(C)cc(C)c4)CC3)ccc21. The summed E-state index contributed by atoms with van der Waals surface area (Å²) < 4.78 is 2.46. The van der Waals surface area contributed by atoms with Crippen LogP contribution in [-0.2, 0) is 11.2 Å². The predicted molar refractivity (Wildman–Crippen MR) is 114 cm³/mol. The number of benzene rings is 2. The highest BCUT2D eigenvalue weighted by atomic mass is 32.2. The van der Waals surface area contributed by atoms with E-state index in [1.165, 1.54) is 27.3 Å². The first kappa shape index (κ1) is 18.4. The zero-order valence-electron chi connectivity index (χ0n) is 16.4. The first-order valence-electron chi connectivity index (χ1n) is 9.67. The molecule has 2 heterocycles. The number of carbonyl (C=O) groups is 1. The quantitative estimate of drug-likeness (QED) is 0.750. The minimum Gasteiger partial charge on any atom is -0.369 e. The number of hydrogen-bond acceptors (Lipinski definition) is 4. The van der Waals surface area contributed by atoms with Crippen LogP contribution in [0.25, 0.3) is 0 Å². The maximum absolute atomic E-state index is 11.7. The van der Waals surface area contributed by atoms with Crippen molar-refractivity contribution < 1.29 is 4.79 Å². The molecule has 0 unspecified atom stereocenters.